The summed E-state index contributed by atoms with van der Waals surface area (Å²) in [7, 11) is 1.91. The zero-order valence-electron chi connectivity index (χ0n) is 13.0. The number of anilines is 1. The van der Waals surface area contributed by atoms with Crippen molar-refractivity contribution in [1.82, 2.24) is 19.7 Å². The van der Waals surface area contributed by atoms with Crippen LogP contribution < -0.4 is 5.32 Å². The van der Waals surface area contributed by atoms with E-state index in [9.17, 15) is 9.18 Å². The molecule has 23 heavy (non-hydrogen) atoms. The second-order valence-corrected chi connectivity index (χ2v) is 5.82. The third-order valence-electron chi connectivity index (χ3n) is 3.48. The second-order valence-electron chi connectivity index (χ2n) is 5.82. The van der Waals surface area contributed by atoms with Gasteiger partial charge in [0, 0.05) is 18.0 Å². The summed E-state index contributed by atoms with van der Waals surface area (Å²) >= 11 is 0. The molecule has 1 N–H and O–H groups in total. The maximum absolute atomic E-state index is 13.6. The third-order valence-corrected chi connectivity index (χ3v) is 3.48. The second kappa shape index (κ2) is 5.42. The number of rotatable bonds is 3. The average molecular weight is 313 g/mol. The molecule has 0 radical (unpaired) electrons. The van der Waals surface area contributed by atoms with Crippen molar-refractivity contribution in [3.8, 4) is 11.3 Å². The number of aryl methyl sites for hydroxylation is 1. The molecule has 6 nitrogen and oxygen atoms in total. The summed E-state index contributed by atoms with van der Waals surface area (Å²) in [5.74, 6) is -0.538. The normalized spacial score (nSPS) is 11.7. The Morgan fingerprint density at radius 2 is 2.04 bits per heavy atom. The fourth-order valence-electron chi connectivity index (χ4n) is 2.17. The monoisotopic (exact) mass is 313 g/mol. The Balaban J connectivity index is 1.98. The van der Waals surface area contributed by atoms with Gasteiger partial charge in [-0.25, -0.2) is 9.37 Å². The Kier molecular flexibility index (Phi) is 3.55. The quantitative estimate of drug-likeness (QED) is 0.807. The van der Waals surface area contributed by atoms with Gasteiger partial charge in [-0.1, -0.05) is 6.07 Å². The van der Waals surface area contributed by atoms with Gasteiger partial charge in [0.2, 0.25) is 0 Å². The van der Waals surface area contributed by atoms with Crippen molar-refractivity contribution in [2.45, 2.75) is 19.5 Å². The van der Waals surface area contributed by atoms with Gasteiger partial charge in [0.15, 0.2) is 11.5 Å². The predicted molar refractivity (Wildman–Crippen MR) is 85.6 cm³/mol. The van der Waals surface area contributed by atoms with Crippen LogP contribution in [0.1, 0.15) is 13.8 Å². The first kappa shape index (κ1) is 15.1. The van der Waals surface area contributed by atoms with E-state index in [1.165, 1.54) is 13.8 Å². The van der Waals surface area contributed by atoms with Crippen molar-refractivity contribution < 1.29 is 9.18 Å². The first-order valence-corrected chi connectivity index (χ1v) is 7.09. The van der Waals surface area contributed by atoms with Crippen LogP contribution in [-0.2, 0) is 11.8 Å². The van der Waals surface area contributed by atoms with Crippen LogP contribution in [-0.4, -0.2) is 31.3 Å². The van der Waals surface area contributed by atoms with Crippen LogP contribution in [0.15, 0.2) is 36.8 Å². The van der Waals surface area contributed by atoms with Gasteiger partial charge in [-0.15, -0.1) is 10.2 Å². The van der Waals surface area contributed by atoms with Gasteiger partial charge in [0.05, 0.1) is 23.7 Å². The van der Waals surface area contributed by atoms with Crippen LogP contribution in [0.2, 0.25) is 0 Å². The maximum Gasteiger partial charge on any atom is 0.262 e. The lowest BCUT2D eigenvalue weighted by Gasteiger charge is -2.13. The van der Waals surface area contributed by atoms with E-state index in [0.29, 0.717) is 5.52 Å². The van der Waals surface area contributed by atoms with Gasteiger partial charge < -0.3 is 9.88 Å². The average Bonchev–Trinajstić information content (AvgIpc) is 2.91. The lowest BCUT2D eigenvalue weighted by molar-refractivity contribution is -0.125. The Hall–Kier alpha value is -2.83. The van der Waals surface area contributed by atoms with Crippen LogP contribution in [0, 0.1) is 0 Å². The van der Waals surface area contributed by atoms with Crippen molar-refractivity contribution in [1.29, 1.82) is 0 Å². The molecule has 118 valence electrons. The smallest absolute Gasteiger partial charge is 0.262 e. The van der Waals surface area contributed by atoms with E-state index >= 15 is 0 Å². The molecule has 0 aliphatic rings. The SMILES string of the molecule is Cn1cncc1-c1ccc2nnc(NC(=O)C(C)(C)F)cc2c1. The molecular weight excluding hydrogens is 297 g/mol. The van der Waals surface area contributed by atoms with Gasteiger partial charge in [-0.2, -0.15) is 0 Å². The topological polar surface area (TPSA) is 72.7 Å². The minimum atomic E-state index is -1.98. The molecule has 0 spiro atoms. The van der Waals surface area contributed by atoms with Crippen molar-refractivity contribution in [3.63, 3.8) is 0 Å². The molecular formula is C16H16FN5O. The Bertz CT molecular complexity index is 882. The van der Waals surface area contributed by atoms with Crippen LogP contribution in [0.3, 0.4) is 0 Å². The third kappa shape index (κ3) is 3.03. The van der Waals surface area contributed by atoms with Gasteiger partial charge in [0.25, 0.3) is 5.91 Å². The van der Waals surface area contributed by atoms with E-state index in [4.69, 9.17) is 0 Å². The molecule has 0 atom stereocenters. The van der Waals surface area contributed by atoms with Crippen LogP contribution in [0.4, 0.5) is 10.2 Å². The maximum atomic E-state index is 13.6. The van der Waals surface area contributed by atoms with E-state index in [1.807, 2.05) is 29.8 Å². The molecule has 0 saturated heterocycles. The first-order chi connectivity index (χ1) is 10.8. The minimum Gasteiger partial charge on any atom is -0.334 e. The minimum absolute atomic E-state index is 0.218. The van der Waals surface area contributed by atoms with E-state index < -0.39 is 11.6 Å². The highest BCUT2D eigenvalue weighted by Crippen LogP contribution is 2.24. The molecule has 0 bridgehead atoms. The number of imidazole rings is 1. The number of carbonyl (C=O) groups excluding carboxylic acids is 1. The highest BCUT2D eigenvalue weighted by atomic mass is 19.1. The molecule has 7 heteroatoms. The number of nitrogens with one attached hydrogen (secondary N) is 1. The van der Waals surface area contributed by atoms with E-state index in [1.54, 1.807) is 18.6 Å². The number of benzene rings is 1. The molecule has 3 rings (SSSR count). The highest BCUT2D eigenvalue weighted by Gasteiger charge is 2.26. The summed E-state index contributed by atoms with van der Waals surface area (Å²) in [5, 5.41) is 11.2. The zero-order valence-corrected chi connectivity index (χ0v) is 13.0. The number of nitrogens with zero attached hydrogens (tertiary/aromatic N) is 4. The fourth-order valence-corrected chi connectivity index (χ4v) is 2.17. The van der Waals surface area contributed by atoms with Gasteiger partial charge >= 0.3 is 0 Å². The summed E-state index contributed by atoms with van der Waals surface area (Å²) in [6.07, 6.45) is 3.49. The van der Waals surface area contributed by atoms with Gasteiger partial charge in [-0.05, 0) is 32.0 Å². The van der Waals surface area contributed by atoms with Crippen molar-refractivity contribution >= 4 is 22.6 Å². The number of amides is 1. The van der Waals surface area contributed by atoms with E-state index in [-0.39, 0.29) is 5.82 Å². The Morgan fingerprint density at radius 3 is 2.70 bits per heavy atom. The van der Waals surface area contributed by atoms with Crippen LogP contribution in [0.25, 0.3) is 22.2 Å². The zero-order chi connectivity index (χ0) is 16.6. The largest absolute Gasteiger partial charge is 0.334 e. The van der Waals surface area contributed by atoms with E-state index in [0.717, 1.165) is 16.6 Å². The van der Waals surface area contributed by atoms with E-state index in [2.05, 4.69) is 20.5 Å². The Morgan fingerprint density at radius 1 is 1.26 bits per heavy atom. The lowest BCUT2D eigenvalue weighted by atomic mass is 10.1. The Labute approximate surface area is 132 Å². The molecule has 0 aliphatic carbocycles. The van der Waals surface area contributed by atoms with Gasteiger partial charge in [0.1, 0.15) is 0 Å². The summed E-state index contributed by atoms with van der Waals surface area (Å²) in [5.41, 5.74) is 0.633. The molecule has 2 heterocycles. The molecule has 1 aromatic carbocycles. The molecule has 0 unspecified atom stereocenters. The number of hydrogen-bond donors (Lipinski definition) is 1. The number of hydrogen-bond acceptors (Lipinski definition) is 4. The number of carbonyl (C=O) groups is 1. The van der Waals surface area contributed by atoms with Crippen LogP contribution >= 0.6 is 0 Å². The summed E-state index contributed by atoms with van der Waals surface area (Å²) in [6.45, 7) is 2.38. The van der Waals surface area contributed by atoms with Crippen molar-refractivity contribution in [2.75, 3.05) is 5.32 Å². The molecule has 1 amide bonds. The number of fused-ring (bicyclic) bond motifs is 1. The molecule has 3 aromatic rings. The standard InChI is InChI=1S/C16H16FN5O/c1-16(2,17)15(23)19-14-7-11-6-10(4-5-12(11)20-21-14)13-8-18-9-22(13)3/h4-9H,1-3H3,(H,19,21,23). The lowest BCUT2D eigenvalue weighted by Crippen LogP contribution is -2.32. The highest BCUT2D eigenvalue weighted by molar-refractivity contribution is 5.97. The van der Waals surface area contributed by atoms with Crippen molar-refractivity contribution in [3.05, 3.63) is 36.8 Å². The summed E-state index contributed by atoms with van der Waals surface area (Å²) in [6, 6.07) is 7.37. The number of aromatic nitrogens is 4. The molecule has 0 fully saturated rings. The predicted octanol–water partition coefficient (Wildman–Crippen LogP) is 2.72. The molecule has 2 aromatic heterocycles. The fraction of sp³-hybridized carbons (Fsp3) is 0.250. The number of alkyl halides is 1. The molecule has 0 aliphatic heterocycles. The molecule has 0 saturated carbocycles. The summed E-state index contributed by atoms with van der Waals surface area (Å²) in [4.78, 5) is 15.8. The van der Waals surface area contributed by atoms with Crippen molar-refractivity contribution in [2.24, 2.45) is 7.05 Å². The van der Waals surface area contributed by atoms with Crippen LogP contribution in [0.5, 0.6) is 0 Å². The first-order valence-electron chi connectivity index (χ1n) is 7.09. The summed E-state index contributed by atoms with van der Waals surface area (Å²) < 4.78 is 15.5. The number of halogens is 1. The van der Waals surface area contributed by atoms with Gasteiger partial charge in [-0.3, -0.25) is 4.79 Å².